The van der Waals surface area contributed by atoms with Gasteiger partial charge in [-0.3, -0.25) is 29.0 Å². The van der Waals surface area contributed by atoms with E-state index in [2.05, 4.69) is 44.3 Å². The van der Waals surface area contributed by atoms with Crippen molar-refractivity contribution in [1.82, 2.24) is 34.9 Å². The normalized spacial score (nSPS) is 12.1. The van der Waals surface area contributed by atoms with Gasteiger partial charge >= 0.3 is 12.4 Å². The highest BCUT2D eigenvalue weighted by atomic mass is 35.5. The summed E-state index contributed by atoms with van der Waals surface area (Å²) in [6, 6.07) is 10.2. The van der Waals surface area contributed by atoms with Crippen LogP contribution < -0.4 is 14.2 Å². The van der Waals surface area contributed by atoms with Crippen LogP contribution in [0.5, 0.6) is 5.75 Å². The molecule has 0 spiro atoms. The second kappa shape index (κ2) is 18.5. The summed E-state index contributed by atoms with van der Waals surface area (Å²) in [7, 11) is -7.76. The van der Waals surface area contributed by atoms with Crippen LogP contribution in [0.25, 0.3) is 22.1 Å². The third-order valence-corrected chi connectivity index (χ3v) is 13.0. The Morgan fingerprint density at radius 3 is 1.56 bits per heavy atom. The lowest BCUT2D eigenvalue weighted by atomic mass is 10.0. The minimum absolute atomic E-state index is 0.0242. The molecule has 6 aromatic heterocycles. The summed E-state index contributed by atoms with van der Waals surface area (Å²) in [4.78, 5) is 51.3. The predicted molar refractivity (Wildman–Crippen MR) is 236 cm³/mol. The van der Waals surface area contributed by atoms with Gasteiger partial charge in [-0.05, 0) is 85.6 Å². The van der Waals surface area contributed by atoms with Gasteiger partial charge in [0.2, 0.25) is 11.6 Å². The van der Waals surface area contributed by atoms with Crippen molar-refractivity contribution < 1.29 is 57.5 Å². The van der Waals surface area contributed by atoms with Crippen LogP contribution in [0.4, 0.5) is 37.7 Å². The van der Waals surface area contributed by atoms with Gasteiger partial charge in [-0.25, -0.2) is 31.8 Å². The Kier molecular flexibility index (Phi) is 13.3. The summed E-state index contributed by atoms with van der Waals surface area (Å²) >= 11 is 11.2. The molecule has 352 valence electrons. The average Bonchev–Trinajstić information content (AvgIpc) is 3.96. The van der Waals surface area contributed by atoms with Crippen LogP contribution in [-0.2, 0) is 32.4 Å². The number of hydrogen-bond donors (Lipinski definition) is 4. The first-order valence-corrected chi connectivity index (χ1v) is 22.7. The van der Waals surface area contributed by atoms with Crippen LogP contribution in [-0.4, -0.2) is 70.4 Å². The Bertz CT molecular complexity index is 3530. The number of nitrogens with zero attached hydrogens (tertiary/aromatic N) is 5. The maximum atomic E-state index is 13.5. The van der Waals surface area contributed by atoms with Gasteiger partial charge in [-0.2, -0.15) is 26.3 Å². The number of alkyl halides is 6. The first-order valence-electron chi connectivity index (χ1n) is 19.0. The molecule has 2 aromatic carbocycles. The van der Waals surface area contributed by atoms with E-state index in [-0.39, 0.29) is 39.8 Å². The highest BCUT2D eigenvalue weighted by Crippen LogP contribution is 2.38. The fourth-order valence-corrected chi connectivity index (χ4v) is 9.12. The molecule has 0 aliphatic heterocycles. The van der Waals surface area contributed by atoms with Crippen LogP contribution in [0, 0.1) is 13.8 Å². The minimum Gasteiger partial charge on any atom is -0.494 e. The van der Waals surface area contributed by atoms with Crippen molar-refractivity contribution in [1.29, 1.82) is 0 Å². The molecule has 0 bridgehead atoms. The maximum absolute atomic E-state index is 13.5. The summed E-state index contributed by atoms with van der Waals surface area (Å²) < 4.78 is 141. The molecule has 0 saturated carbocycles. The number of aromatic nitrogens is 7. The molecule has 0 fully saturated rings. The SMILES string of the molecule is COc1cnc2[nH]ccc2c1C(=O)c1ncc(C)cc1NS(=O)(=O)c1ccc(Cl)c(C(F)(F)F)c1.Cc1cnc(C(=O)c2ncnc3[nH]ccc23)c(NS(=O)(=O)c2ccc(Cl)c(C(F)(F)F)c2)c1. The van der Waals surface area contributed by atoms with Gasteiger partial charge in [0.15, 0.2) is 0 Å². The zero-order valence-electron chi connectivity index (χ0n) is 34.7. The molecule has 0 saturated heterocycles. The molecule has 8 rings (SSSR count). The number of halogens is 8. The van der Waals surface area contributed by atoms with Crippen molar-refractivity contribution in [2.45, 2.75) is 36.0 Å². The Hall–Kier alpha value is -7.15. The molecule has 0 radical (unpaired) electrons. The van der Waals surface area contributed by atoms with Gasteiger partial charge in [0.05, 0.1) is 61.2 Å². The van der Waals surface area contributed by atoms with Crippen molar-refractivity contribution in [3.8, 4) is 5.75 Å². The molecule has 0 unspecified atom stereocenters. The average molecular weight is 1020 g/mol. The maximum Gasteiger partial charge on any atom is 0.417 e. The first kappa shape index (κ1) is 48.8. The highest BCUT2D eigenvalue weighted by Gasteiger charge is 2.36. The van der Waals surface area contributed by atoms with Crippen LogP contribution in [0.3, 0.4) is 0 Å². The van der Waals surface area contributed by atoms with E-state index in [1.54, 1.807) is 38.4 Å². The molecular weight excluding hydrogens is 992 g/mol. The third kappa shape index (κ3) is 10.1. The van der Waals surface area contributed by atoms with E-state index in [0.29, 0.717) is 45.3 Å². The second-order valence-corrected chi connectivity index (χ2v) is 18.5. The summed E-state index contributed by atoms with van der Waals surface area (Å²) in [5.74, 6) is -1.25. The fourth-order valence-electron chi connectivity index (χ4n) is 6.50. The highest BCUT2D eigenvalue weighted by molar-refractivity contribution is 7.93. The summed E-state index contributed by atoms with van der Waals surface area (Å²) in [5.41, 5.74) is -1.76. The molecule has 68 heavy (non-hydrogen) atoms. The number of hydrogen-bond acceptors (Lipinski definition) is 12. The Morgan fingerprint density at radius 1 is 0.603 bits per heavy atom. The molecule has 0 aliphatic carbocycles. The summed E-state index contributed by atoms with van der Waals surface area (Å²) in [5, 5.41) is -0.483. The lowest BCUT2D eigenvalue weighted by Gasteiger charge is -2.15. The zero-order chi connectivity index (χ0) is 49.5. The van der Waals surface area contributed by atoms with Gasteiger partial charge in [0.25, 0.3) is 20.0 Å². The number of carbonyl (C=O) groups excluding carboxylic acids is 2. The fraction of sp³-hybridized carbons (Fsp3) is 0.119. The number of sulfonamides is 2. The Labute approximate surface area is 390 Å². The number of methoxy groups -OCH3 is 1. The van der Waals surface area contributed by atoms with Crippen molar-refractivity contribution in [3.05, 3.63) is 153 Å². The number of aromatic amines is 2. The molecule has 26 heteroatoms. The van der Waals surface area contributed by atoms with Crippen LogP contribution in [0.2, 0.25) is 10.0 Å². The van der Waals surface area contributed by atoms with Crippen molar-refractivity contribution >= 4 is 88.3 Å². The standard InChI is InChI=1S/C22H16ClF3N4O4S.C20H13ClF3N5O3S/c1-11-7-16(30-35(32,33)12-3-4-15(23)14(8-12)22(24,25)26)19(28-9-11)20(31)18-13-5-6-27-21(13)29-10-17(18)34-2;1-10-6-15(29-33(31,32)11-2-3-14(21)13(7-11)20(22,23)24)17(26-8-10)18(30)16-12-4-5-25-19(12)28-9-27-16/h3-10,30H,1-2H3,(H,27,29);2-9,29H,1H3,(H,25,27,28). The van der Waals surface area contributed by atoms with Gasteiger partial charge in [0.1, 0.15) is 40.5 Å². The monoisotopic (exact) mass is 1020 g/mol. The van der Waals surface area contributed by atoms with Gasteiger partial charge in [0, 0.05) is 35.6 Å². The lowest BCUT2D eigenvalue weighted by Crippen LogP contribution is -2.18. The van der Waals surface area contributed by atoms with Crippen LogP contribution in [0.1, 0.15) is 54.5 Å². The van der Waals surface area contributed by atoms with Crippen LogP contribution in [0.15, 0.2) is 108 Å². The molecule has 0 amide bonds. The lowest BCUT2D eigenvalue weighted by molar-refractivity contribution is -0.138. The van der Waals surface area contributed by atoms with Gasteiger partial charge in [-0.15, -0.1) is 0 Å². The number of benzene rings is 2. The molecule has 6 heterocycles. The minimum atomic E-state index is -4.87. The number of aryl methyl sites for hydroxylation is 2. The van der Waals surface area contributed by atoms with E-state index >= 15 is 0 Å². The van der Waals surface area contributed by atoms with E-state index in [0.717, 1.165) is 30.6 Å². The van der Waals surface area contributed by atoms with E-state index in [4.69, 9.17) is 27.9 Å². The van der Waals surface area contributed by atoms with Gasteiger partial charge in [-0.1, -0.05) is 23.2 Å². The number of nitrogens with one attached hydrogen (secondary N) is 4. The third-order valence-electron chi connectivity index (χ3n) is 9.64. The number of ether oxygens (including phenoxy) is 1. The van der Waals surface area contributed by atoms with E-state index < -0.39 is 74.9 Å². The molecule has 16 nitrogen and oxygen atoms in total. The number of pyridine rings is 3. The molecule has 8 aromatic rings. The van der Waals surface area contributed by atoms with Crippen molar-refractivity contribution in [3.63, 3.8) is 0 Å². The zero-order valence-corrected chi connectivity index (χ0v) is 37.8. The van der Waals surface area contributed by atoms with Crippen molar-refractivity contribution in [2.75, 3.05) is 16.6 Å². The number of H-pyrrole nitrogens is 2. The predicted octanol–water partition coefficient (Wildman–Crippen LogP) is 9.34. The Morgan fingerprint density at radius 2 is 1.07 bits per heavy atom. The Balaban J connectivity index is 0.000000202. The van der Waals surface area contributed by atoms with E-state index in [1.807, 2.05) is 0 Å². The topological polar surface area (TPSA) is 232 Å². The number of rotatable bonds is 11. The molecule has 0 aliphatic rings. The summed E-state index contributed by atoms with van der Waals surface area (Å²) in [6.45, 7) is 3.22. The second-order valence-electron chi connectivity index (χ2n) is 14.4. The number of carbonyl (C=O) groups is 2. The van der Waals surface area contributed by atoms with E-state index in [9.17, 15) is 52.8 Å². The number of ketones is 2. The smallest absolute Gasteiger partial charge is 0.417 e. The van der Waals surface area contributed by atoms with Crippen LogP contribution >= 0.6 is 23.2 Å². The molecule has 0 atom stereocenters. The largest absolute Gasteiger partial charge is 0.494 e. The first-order chi connectivity index (χ1) is 31.9. The molecule has 4 N–H and O–H groups in total. The van der Waals surface area contributed by atoms with E-state index in [1.165, 1.54) is 37.8 Å². The quantitative estimate of drug-likeness (QED) is 0.0701. The molecular formula is C42H29Cl2F6N9O7S2. The number of anilines is 2. The number of fused-ring (bicyclic) bond motifs is 2. The summed E-state index contributed by atoms with van der Waals surface area (Å²) in [6.07, 6.45) is -1.40. The van der Waals surface area contributed by atoms with Gasteiger partial charge < -0.3 is 14.7 Å². The van der Waals surface area contributed by atoms with Crippen molar-refractivity contribution in [2.24, 2.45) is 0 Å².